The van der Waals surface area contributed by atoms with E-state index in [0.717, 1.165) is 14.7 Å². The molecule has 2 rings (SSSR count). The second kappa shape index (κ2) is 4.98. The van der Waals surface area contributed by atoms with Crippen LogP contribution in [0.3, 0.4) is 0 Å². The van der Waals surface area contributed by atoms with Gasteiger partial charge in [0.2, 0.25) is 5.95 Å². The molecule has 0 aliphatic heterocycles. The van der Waals surface area contributed by atoms with Crippen LogP contribution in [0.15, 0.2) is 16.0 Å². The lowest BCUT2D eigenvalue weighted by Gasteiger charge is -2.17. The number of fused-ring (bicyclic) bond motifs is 1. The van der Waals surface area contributed by atoms with E-state index in [0.29, 0.717) is 12.5 Å². The van der Waals surface area contributed by atoms with E-state index in [4.69, 9.17) is 5.26 Å². The number of hydrogen-bond acceptors (Lipinski definition) is 5. The van der Waals surface area contributed by atoms with Crippen molar-refractivity contribution in [1.82, 2.24) is 9.97 Å². The minimum atomic E-state index is -0.0368. The van der Waals surface area contributed by atoms with Crippen molar-refractivity contribution in [2.75, 3.05) is 18.5 Å². The smallest absolute Gasteiger partial charge is 0.225 e. The average Bonchev–Trinajstić information content (AvgIpc) is 2.70. The van der Waals surface area contributed by atoms with Gasteiger partial charge in [0.25, 0.3) is 0 Å². The van der Waals surface area contributed by atoms with Crippen LogP contribution in [0.1, 0.15) is 6.92 Å². The van der Waals surface area contributed by atoms with Gasteiger partial charge in [0.1, 0.15) is 5.52 Å². The zero-order valence-corrected chi connectivity index (χ0v) is 11.9. The molecule has 2 aromatic rings. The molecule has 2 heterocycles. The summed E-state index contributed by atoms with van der Waals surface area (Å²) < 4.78 is 2.05. The Morgan fingerprint density at radius 1 is 1.65 bits per heavy atom. The van der Waals surface area contributed by atoms with E-state index in [1.54, 1.807) is 11.3 Å². The Balaban J connectivity index is 2.29. The maximum atomic E-state index is 8.79. The molecule has 0 aliphatic carbocycles. The molecule has 0 aliphatic rings. The van der Waals surface area contributed by atoms with Crippen LogP contribution in [0.5, 0.6) is 0 Å². The Morgan fingerprint density at radius 3 is 3.12 bits per heavy atom. The van der Waals surface area contributed by atoms with Crippen LogP contribution in [0, 0.1) is 17.2 Å². The third-order valence-corrected chi connectivity index (χ3v) is 4.18. The first-order valence-electron chi connectivity index (χ1n) is 5.12. The van der Waals surface area contributed by atoms with Crippen LogP contribution >= 0.6 is 27.3 Å². The third kappa shape index (κ3) is 2.56. The highest BCUT2D eigenvalue weighted by Gasteiger charge is 2.11. The minimum Gasteiger partial charge on any atom is -0.343 e. The maximum absolute atomic E-state index is 8.79. The summed E-state index contributed by atoms with van der Waals surface area (Å²) in [6, 6.07) is 2.20. The standard InChI is InChI=1S/C11H11BrN4S/c1-7(3-13)5-16(2)11-14-4-9-10(15-11)8(12)6-17-9/h4,6-7H,5H2,1-2H3/t7-/m1/s1. The Hall–Kier alpha value is -1.19. The van der Waals surface area contributed by atoms with Crippen molar-refractivity contribution in [1.29, 1.82) is 5.26 Å². The van der Waals surface area contributed by atoms with Gasteiger partial charge in [0, 0.05) is 19.0 Å². The molecule has 0 bridgehead atoms. The molecular weight excluding hydrogens is 300 g/mol. The predicted molar refractivity (Wildman–Crippen MR) is 73.2 cm³/mol. The molecule has 17 heavy (non-hydrogen) atoms. The molecule has 1 atom stereocenters. The molecule has 0 amide bonds. The van der Waals surface area contributed by atoms with Gasteiger partial charge in [-0.2, -0.15) is 5.26 Å². The number of anilines is 1. The van der Waals surface area contributed by atoms with Gasteiger partial charge in [-0.05, 0) is 22.9 Å². The fourth-order valence-electron chi connectivity index (χ4n) is 1.51. The number of nitrogens with zero attached hydrogens (tertiary/aromatic N) is 4. The summed E-state index contributed by atoms with van der Waals surface area (Å²) in [7, 11) is 1.90. The molecule has 0 spiro atoms. The topological polar surface area (TPSA) is 52.8 Å². The van der Waals surface area contributed by atoms with Crippen molar-refractivity contribution in [2.45, 2.75) is 6.92 Å². The van der Waals surface area contributed by atoms with Gasteiger partial charge in [-0.3, -0.25) is 0 Å². The highest BCUT2D eigenvalue weighted by molar-refractivity contribution is 9.10. The number of halogens is 1. The van der Waals surface area contributed by atoms with Crippen molar-refractivity contribution >= 4 is 43.4 Å². The molecule has 0 radical (unpaired) electrons. The van der Waals surface area contributed by atoms with Gasteiger partial charge in [-0.1, -0.05) is 0 Å². The van der Waals surface area contributed by atoms with E-state index in [9.17, 15) is 0 Å². The zero-order valence-electron chi connectivity index (χ0n) is 9.51. The fraction of sp³-hybridized carbons (Fsp3) is 0.364. The van der Waals surface area contributed by atoms with Crippen LogP contribution in [0.25, 0.3) is 10.2 Å². The van der Waals surface area contributed by atoms with Gasteiger partial charge in [-0.15, -0.1) is 11.3 Å². The quantitative estimate of drug-likeness (QED) is 0.874. The summed E-state index contributed by atoms with van der Waals surface area (Å²) >= 11 is 5.07. The maximum Gasteiger partial charge on any atom is 0.225 e. The first-order valence-corrected chi connectivity index (χ1v) is 6.79. The van der Waals surface area contributed by atoms with E-state index in [-0.39, 0.29) is 5.92 Å². The summed E-state index contributed by atoms with van der Waals surface area (Å²) in [5.41, 5.74) is 0.927. The van der Waals surface area contributed by atoms with E-state index in [2.05, 4.69) is 32.0 Å². The molecule has 88 valence electrons. The molecule has 0 N–H and O–H groups in total. The van der Waals surface area contributed by atoms with Crippen LogP contribution in [0.2, 0.25) is 0 Å². The molecule has 4 nitrogen and oxygen atoms in total. The number of thiophene rings is 1. The first kappa shape index (κ1) is 12.3. The second-order valence-electron chi connectivity index (χ2n) is 3.88. The molecule has 0 aromatic carbocycles. The largest absolute Gasteiger partial charge is 0.343 e. The normalized spacial score (nSPS) is 12.4. The van der Waals surface area contributed by atoms with E-state index in [1.165, 1.54) is 0 Å². The lowest BCUT2D eigenvalue weighted by Crippen LogP contribution is -2.25. The summed E-state index contributed by atoms with van der Waals surface area (Å²) in [4.78, 5) is 10.7. The van der Waals surface area contributed by atoms with Gasteiger partial charge in [0.15, 0.2) is 0 Å². The van der Waals surface area contributed by atoms with Crippen molar-refractivity contribution < 1.29 is 0 Å². The van der Waals surface area contributed by atoms with Crippen molar-refractivity contribution in [2.24, 2.45) is 5.92 Å². The Bertz CT molecular complexity index is 574. The van der Waals surface area contributed by atoms with Crippen molar-refractivity contribution in [3.05, 3.63) is 16.0 Å². The molecule has 2 aromatic heterocycles. The molecule has 0 saturated heterocycles. The Morgan fingerprint density at radius 2 is 2.41 bits per heavy atom. The molecule has 0 saturated carbocycles. The predicted octanol–water partition coefficient (Wildman–Crippen LogP) is 3.05. The van der Waals surface area contributed by atoms with Gasteiger partial charge in [0.05, 0.1) is 27.4 Å². The summed E-state index contributed by atoms with van der Waals surface area (Å²) in [6.07, 6.45) is 1.82. The highest BCUT2D eigenvalue weighted by Crippen LogP contribution is 2.29. The van der Waals surface area contributed by atoms with Gasteiger partial charge in [-0.25, -0.2) is 9.97 Å². The molecule has 0 unspecified atom stereocenters. The fourth-order valence-corrected chi connectivity index (χ4v) is 2.94. The van der Waals surface area contributed by atoms with E-state index >= 15 is 0 Å². The van der Waals surface area contributed by atoms with Gasteiger partial charge < -0.3 is 4.90 Å². The zero-order chi connectivity index (χ0) is 12.4. The molecule has 6 heteroatoms. The molecule has 0 fully saturated rings. The highest BCUT2D eigenvalue weighted by atomic mass is 79.9. The minimum absolute atomic E-state index is 0.0368. The number of nitriles is 1. The van der Waals surface area contributed by atoms with Crippen LogP contribution in [-0.4, -0.2) is 23.6 Å². The third-order valence-electron chi connectivity index (χ3n) is 2.37. The monoisotopic (exact) mass is 310 g/mol. The lowest BCUT2D eigenvalue weighted by molar-refractivity contribution is 0.704. The summed E-state index contributed by atoms with van der Waals surface area (Å²) in [5, 5.41) is 10.8. The summed E-state index contributed by atoms with van der Waals surface area (Å²) in [5.74, 6) is 0.615. The van der Waals surface area contributed by atoms with Gasteiger partial charge >= 0.3 is 0 Å². The van der Waals surface area contributed by atoms with E-state index < -0.39 is 0 Å². The SMILES string of the molecule is C[C@H](C#N)CN(C)c1ncc2scc(Br)c2n1. The summed E-state index contributed by atoms with van der Waals surface area (Å²) in [6.45, 7) is 2.51. The van der Waals surface area contributed by atoms with Crippen LogP contribution in [0.4, 0.5) is 5.95 Å². The van der Waals surface area contributed by atoms with Crippen molar-refractivity contribution in [3.63, 3.8) is 0 Å². The average molecular weight is 311 g/mol. The van der Waals surface area contributed by atoms with E-state index in [1.807, 2.05) is 30.4 Å². The number of hydrogen-bond donors (Lipinski definition) is 0. The number of aromatic nitrogens is 2. The Kier molecular flexibility index (Phi) is 3.60. The number of rotatable bonds is 3. The molecular formula is C11H11BrN4S. The second-order valence-corrected chi connectivity index (χ2v) is 5.64. The van der Waals surface area contributed by atoms with Crippen LogP contribution in [-0.2, 0) is 0 Å². The first-order chi connectivity index (χ1) is 8.11. The lowest BCUT2D eigenvalue weighted by atomic mass is 10.2. The Labute approximate surface area is 112 Å². The van der Waals surface area contributed by atoms with Crippen molar-refractivity contribution in [3.8, 4) is 6.07 Å². The van der Waals surface area contributed by atoms with Crippen LogP contribution < -0.4 is 4.90 Å².